The molecule has 0 aliphatic rings. The Kier molecular flexibility index (Phi) is 5.42. The van der Waals surface area contributed by atoms with Crippen molar-refractivity contribution in [1.82, 2.24) is 5.32 Å². The zero-order chi connectivity index (χ0) is 12.1. The molecule has 3 heteroatoms. The van der Waals surface area contributed by atoms with Gasteiger partial charge in [0.05, 0.1) is 0 Å². The van der Waals surface area contributed by atoms with Gasteiger partial charge in [0, 0.05) is 10.5 Å². The van der Waals surface area contributed by atoms with Gasteiger partial charge in [0.1, 0.15) is 5.82 Å². The highest BCUT2D eigenvalue weighted by atomic mass is 79.9. The minimum absolute atomic E-state index is 0.115. The van der Waals surface area contributed by atoms with Gasteiger partial charge in [-0.3, -0.25) is 0 Å². The molecular weight excluding hydrogens is 269 g/mol. The average molecular weight is 288 g/mol. The molecule has 0 saturated heterocycles. The van der Waals surface area contributed by atoms with Crippen LogP contribution in [0.2, 0.25) is 0 Å². The number of hydrogen-bond acceptors (Lipinski definition) is 1. The van der Waals surface area contributed by atoms with Gasteiger partial charge in [-0.25, -0.2) is 4.39 Å². The van der Waals surface area contributed by atoms with Crippen LogP contribution in [-0.4, -0.2) is 13.1 Å². The quantitative estimate of drug-likeness (QED) is 0.869. The second-order valence-corrected chi connectivity index (χ2v) is 5.10. The van der Waals surface area contributed by atoms with Crippen LogP contribution in [-0.2, 0) is 6.42 Å². The monoisotopic (exact) mass is 287 g/mol. The van der Waals surface area contributed by atoms with Gasteiger partial charge in [0.25, 0.3) is 0 Å². The Morgan fingerprint density at radius 2 is 2.12 bits per heavy atom. The first-order chi connectivity index (χ1) is 7.58. The van der Waals surface area contributed by atoms with Gasteiger partial charge in [-0.05, 0) is 44.0 Å². The molecule has 0 radical (unpaired) electrons. The fourth-order valence-electron chi connectivity index (χ4n) is 1.88. The first-order valence-electron chi connectivity index (χ1n) is 5.69. The van der Waals surface area contributed by atoms with E-state index in [9.17, 15) is 4.39 Å². The highest BCUT2D eigenvalue weighted by molar-refractivity contribution is 9.10. The van der Waals surface area contributed by atoms with Gasteiger partial charge in [-0.1, -0.05) is 35.3 Å². The van der Waals surface area contributed by atoms with Crippen molar-refractivity contribution in [2.24, 2.45) is 5.92 Å². The Morgan fingerprint density at radius 1 is 1.44 bits per heavy atom. The Labute approximate surface area is 106 Å². The van der Waals surface area contributed by atoms with Gasteiger partial charge in [-0.15, -0.1) is 0 Å². The molecule has 2 unspecified atom stereocenters. The van der Waals surface area contributed by atoms with Gasteiger partial charge < -0.3 is 5.32 Å². The molecule has 0 aliphatic carbocycles. The minimum Gasteiger partial charge on any atom is -0.317 e. The van der Waals surface area contributed by atoms with Crippen molar-refractivity contribution in [3.8, 4) is 0 Å². The number of halogens is 2. The molecule has 1 N–H and O–H groups in total. The molecule has 1 rings (SSSR count). The highest BCUT2D eigenvalue weighted by Gasteiger charge is 2.16. The van der Waals surface area contributed by atoms with Crippen LogP contribution in [0.1, 0.15) is 25.8 Å². The molecule has 0 saturated carbocycles. The van der Waals surface area contributed by atoms with E-state index in [1.165, 1.54) is 6.07 Å². The normalized spacial score (nSPS) is 14.8. The van der Waals surface area contributed by atoms with Crippen LogP contribution in [0.3, 0.4) is 0 Å². The summed E-state index contributed by atoms with van der Waals surface area (Å²) < 4.78 is 14.5. The van der Waals surface area contributed by atoms with Crippen LogP contribution in [0.15, 0.2) is 22.7 Å². The van der Waals surface area contributed by atoms with E-state index in [0.29, 0.717) is 12.0 Å². The molecule has 90 valence electrons. The summed E-state index contributed by atoms with van der Waals surface area (Å²) in [5.74, 6) is 0.358. The molecule has 0 bridgehead atoms. The SMILES string of the molecule is CCC(Cc1ccc(Br)cc1F)C(C)NC. The van der Waals surface area contributed by atoms with E-state index in [2.05, 4.69) is 35.1 Å². The largest absolute Gasteiger partial charge is 0.317 e. The molecule has 16 heavy (non-hydrogen) atoms. The number of hydrogen-bond donors (Lipinski definition) is 1. The predicted octanol–water partition coefficient (Wildman–Crippen LogP) is 3.76. The van der Waals surface area contributed by atoms with E-state index < -0.39 is 0 Å². The summed E-state index contributed by atoms with van der Waals surface area (Å²) in [5.41, 5.74) is 0.803. The van der Waals surface area contributed by atoms with Crippen LogP contribution < -0.4 is 5.32 Å². The topological polar surface area (TPSA) is 12.0 Å². The Bertz CT molecular complexity index is 341. The number of rotatable bonds is 5. The second-order valence-electron chi connectivity index (χ2n) is 4.19. The maximum Gasteiger partial charge on any atom is 0.127 e. The lowest BCUT2D eigenvalue weighted by atomic mass is 9.91. The van der Waals surface area contributed by atoms with E-state index in [4.69, 9.17) is 0 Å². The molecule has 0 aliphatic heterocycles. The summed E-state index contributed by atoms with van der Waals surface area (Å²) in [6.07, 6.45) is 1.84. The Hall–Kier alpha value is -0.410. The van der Waals surface area contributed by atoms with E-state index >= 15 is 0 Å². The molecule has 0 aromatic heterocycles. The third kappa shape index (κ3) is 3.56. The minimum atomic E-state index is -0.115. The fourth-order valence-corrected chi connectivity index (χ4v) is 2.21. The van der Waals surface area contributed by atoms with Crippen molar-refractivity contribution in [3.05, 3.63) is 34.1 Å². The maximum atomic E-state index is 13.7. The molecule has 0 spiro atoms. The molecule has 1 aromatic rings. The lowest BCUT2D eigenvalue weighted by Crippen LogP contribution is -2.31. The first kappa shape index (κ1) is 13.7. The molecular formula is C13H19BrFN. The van der Waals surface area contributed by atoms with E-state index in [1.807, 2.05) is 19.2 Å². The third-order valence-electron chi connectivity index (χ3n) is 3.18. The lowest BCUT2D eigenvalue weighted by Gasteiger charge is -2.22. The summed E-state index contributed by atoms with van der Waals surface area (Å²) in [7, 11) is 1.95. The van der Waals surface area contributed by atoms with E-state index in [1.54, 1.807) is 0 Å². The zero-order valence-corrected chi connectivity index (χ0v) is 11.6. The molecule has 0 heterocycles. The van der Waals surface area contributed by atoms with E-state index in [0.717, 1.165) is 22.9 Å². The van der Waals surface area contributed by atoms with Crippen molar-refractivity contribution in [3.63, 3.8) is 0 Å². The van der Waals surface area contributed by atoms with Crippen LogP contribution in [0.5, 0.6) is 0 Å². The van der Waals surface area contributed by atoms with Gasteiger partial charge in [-0.2, -0.15) is 0 Å². The fraction of sp³-hybridized carbons (Fsp3) is 0.538. The second kappa shape index (κ2) is 6.36. The summed E-state index contributed by atoms with van der Waals surface area (Å²) in [5, 5.41) is 3.24. The van der Waals surface area contributed by atoms with Gasteiger partial charge >= 0.3 is 0 Å². The van der Waals surface area contributed by atoms with Crippen molar-refractivity contribution in [2.45, 2.75) is 32.7 Å². The van der Waals surface area contributed by atoms with Gasteiger partial charge in [0.15, 0.2) is 0 Å². The first-order valence-corrected chi connectivity index (χ1v) is 6.49. The highest BCUT2D eigenvalue weighted by Crippen LogP contribution is 2.21. The summed E-state index contributed by atoms with van der Waals surface area (Å²) in [6, 6.07) is 5.71. The molecule has 2 atom stereocenters. The Balaban J connectivity index is 2.78. The maximum absolute atomic E-state index is 13.7. The van der Waals surface area contributed by atoms with Crippen LogP contribution in [0, 0.1) is 11.7 Å². The molecule has 0 amide bonds. The van der Waals surface area contributed by atoms with Crippen molar-refractivity contribution >= 4 is 15.9 Å². The summed E-state index contributed by atoms with van der Waals surface area (Å²) >= 11 is 3.27. The third-order valence-corrected chi connectivity index (χ3v) is 3.68. The van der Waals surface area contributed by atoms with Gasteiger partial charge in [0.2, 0.25) is 0 Å². The Morgan fingerprint density at radius 3 is 2.62 bits per heavy atom. The molecule has 1 nitrogen and oxygen atoms in total. The lowest BCUT2D eigenvalue weighted by molar-refractivity contribution is 0.376. The molecule has 0 fully saturated rings. The average Bonchev–Trinajstić information content (AvgIpc) is 2.27. The predicted molar refractivity (Wildman–Crippen MR) is 70.1 cm³/mol. The van der Waals surface area contributed by atoms with E-state index in [-0.39, 0.29) is 5.82 Å². The summed E-state index contributed by atoms with van der Waals surface area (Å²) in [6.45, 7) is 4.29. The van der Waals surface area contributed by atoms with Crippen molar-refractivity contribution in [2.75, 3.05) is 7.05 Å². The van der Waals surface area contributed by atoms with Crippen molar-refractivity contribution < 1.29 is 4.39 Å². The standard InChI is InChI=1S/C13H19BrFN/c1-4-10(9(2)16-3)7-11-5-6-12(14)8-13(11)15/h5-6,8-10,16H,4,7H2,1-3H3. The smallest absolute Gasteiger partial charge is 0.127 e. The zero-order valence-electron chi connectivity index (χ0n) is 10.1. The van der Waals surface area contributed by atoms with Crippen LogP contribution >= 0.6 is 15.9 Å². The number of benzene rings is 1. The molecule has 1 aromatic carbocycles. The summed E-state index contributed by atoms with van der Waals surface area (Å²) in [4.78, 5) is 0. The number of nitrogens with one attached hydrogen (secondary N) is 1. The van der Waals surface area contributed by atoms with Crippen molar-refractivity contribution in [1.29, 1.82) is 0 Å². The van der Waals surface area contributed by atoms with Crippen LogP contribution in [0.25, 0.3) is 0 Å². The van der Waals surface area contributed by atoms with Crippen LogP contribution in [0.4, 0.5) is 4.39 Å².